The molecule has 2 rings (SSSR count). The molecule has 0 saturated carbocycles. The largest absolute Gasteiger partial charge is 0.504 e. The zero-order valence-corrected chi connectivity index (χ0v) is 13.5. The summed E-state index contributed by atoms with van der Waals surface area (Å²) in [5, 5.41) is 14.5. The molecule has 1 aromatic rings. The summed E-state index contributed by atoms with van der Waals surface area (Å²) in [6, 6.07) is 4.53. The minimum atomic E-state index is -0.426. The van der Waals surface area contributed by atoms with Crippen LogP contribution in [0.2, 0.25) is 0 Å². The number of aromatic hydroxyl groups is 1. The first kappa shape index (κ1) is 16.3. The van der Waals surface area contributed by atoms with Gasteiger partial charge in [0.2, 0.25) is 0 Å². The van der Waals surface area contributed by atoms with E-state index in [0.29, 0.717) is 28.7 Å². The minimum Gasteiger partial charge on any atom is -0.504 e. The summed E-state index contributed by atoms with van der Waals surface area (Å²) in [5.41, 5.74) is 1.90. The summed E-state index contributed by atoms with van der Waals surface area (Å²) >= 11 is 5.20. The number of rotatable bonds is 4. The molecule has 0 aliphatic carbocycles. The fourth-order valence-corrected chi connectivity index (χ4v) is 2.70. The first-order chi connectivity index (χ1) is 10.4. The van der Waals surface area contributed by atoms with Gasteiger partial charge in [-0.3, -0.25) is 9.80 Å². The Morgan fingerprint density at radius 3 is 2.82 bits per heavy atom. The van der Waals surface area contributed by atoms with Crippen LogP contribution in [-0.4, -0.2) is 27.6 Å². The number of nitrogens with two attached hydrogens (primary N) is 1. The second kappa shape index (κ2) is 6.33. The number of nitrogens with zero attached hydrogens (tertiary/aromatic N) is 1. The van der Waals surface area contributed by atoms with E-state index in [4.69, 9.17) is 22.8 Å². The van der Waals surface area contributed by atoms with Gasteiger partial charge in [0, 0.05) is 11.3 Å². The van der Waals surface area contributed by atoms with Crippen LogP contribution in [0.25, 0.3) is 0 Å². The number of carbonyl (C=O) groups is 1. The Morgan fingerprint density at radius 2 is 2.23 bits per heavy atom. The first-order valence-corrected chi connectivity index (χ1v) is 7.30. The van der Waals surface area contributed by atoms with Crippen LogP contribution in [0.3, 0.4) is 0 Å². The molecule has 0 unspecified atom stereocenters. The quantitative estimate of drug-likeness (QED) is 0.575. The smallest absolute Gasteiger partial charge is 0.188 e. The fraction of sp³-hybridized carbons (Fsp3) is 0.333. The van der Waals surface area contributed by atoms with Crippen LogP contribution in [0.15, 0.2) is 29.5 Å². The second-order valence-corrected chi connectivity index (χ2v) is 5.35. The molecular formula is C15H19N3O3S. The van der Waals surface area contributed by atoms with Gasteiger partial charge in [0.05, 0.1) is 12.6 Å². The molecule has 22 heavy (non-hydrogen) atoms. The van der Waals surface area contributed by atoms with Gasteiger partial charge in [-0.05, 0) is 50.7 Å². The molecule has 1 aliphatic rings. The number of ether oxygens (including phenoxy) is 1. The van der Waals surface area contributed by atoms with Crippen molar-refractivity contribution in [2.75, 3.05) is 6.61 Å². The maximum Gasteiger partial charge on any atom is 0.188 e. The summed E-state index contributed by atoms with van der Waals surface area (Å²) in [5.74, 6) is 6.16. The van der Waals surface area contributed by atoms with Gasteiger partial charge in [-0.1, -0.05) is 6.07 Å². The van der Waals surface area contributed by atoms with E-state index in [0.717, 1.165) is 5.56 Å². The van der Waals surface area contributed by atoms with E-state index >= 15 is 0 Å². The summed E-state index contributed by atoms with van der Waals surface area (Å²) in [7, 11) is 0. The number of allylic oxidation sites excluding steroid dienone is 1. The number of hydrogen-bond donors (Lipinski definition) is 3. The lowest BCUT2D eigenvalue weighted by Crippen LogP contribution is -2.50. The summed E-state index contributed by atoms with van der Waals surface area (Å²) in [4.78, 5) is 12.0. The van der Waals surface area contributed by atoms with Crippen molar-refractivity contribution < 1.29 is 14.6 Å². The van der Waals surface area contributed by atoms with E-state index < -0.39 is 6.04 Å². The van der Waals surface area contributed by atoms with Crippen molar-refractivity contribution in [2.45, 2.75) is 26.8 Å². The lowest BCUT2D eigenvalue weighted by Gasteiger charge is -2.35. The molecule has 7 heteroatoms. The Morgan fingerprint density at radius 1 is 1.55 bits per heavy atom. The number of hydrazine groups is 1. The fourth-order valence-electron chi connectivity index (χ4n) is 2.45. The Labute approximate surface area is 134 Å². The van der Waals surface area contributed by atoms with Gasteiger partial charge in [-0.15, -0.1) is 0 Å². The van der Waals surface area contributed by atoms with Crippen LogP contribution in [0.1, 0.15) is 32.4 Å². The number of benzene rings is 1. The number of thiocarbonyl (C=S) groups is 1. The van der Waals surface area contributed by atoms with Gasteiger partial charge in [0.15, 0.2) is 22.4 Å². The predicted octanol–water partition coefficient (Wildman–Crippen LogP) is 1.76. The third kappa shape index (κ3) is 2.90. The maximum absolute atomic E-state index is 12.0. The molecule has 0 saturated heterocycles. The standard InChI is InChI=1S/C15H19N3O3S/c1-4-21-12-7-10(5-6-11(12)20)14-13(9(3)19)8(2)18(16)15(22)17-14/h5-7,14,20H,4,16H2,1-3H3,(H,17,22)/t14-/m1/s1. The van der Waals surface area contributed by atoms with Crippen LogP contribution in [-0.2, 0) is 4.79 Å². The second-order valence-electron chi connectivity index (χ2n) is 4.97. The molecule has 0 amide bonds. The molecular weight excluding hydrogens is 302 g/mol. The molecule has 1 atom stereocenters. The molecule has 0 radical (unpaired) electrons. The van der Waals surface area contributed by atoms with E-state index in [1.165, 1.54) is 18.0 Å². The molecule has 0 spiro atoms. The van der Waals surface area contributed by atoms with E-state index in [1.807, 2.05) is 6.92 Å². The van der Waals surface area contributed by atoms with Crippen molar-refractivity contribution in [1.82, 2.24) is 10.3 Å². The summed E-state index contributed by atoms with van der Waals surface area (Å²) in [6.45, 7) is 5.50. The third-order valence-electron chi connectivity index (χ3n) is 3.52. The molecule has 118 valence electrons. The van der Waals surface area contributed by atoms with Gasteiger partial charge in [0.1, 0.15) is 0 Å². The van der Waals surface area contributed by atoms with Crippen molar-refractivity contribution in [2.24, 2.45) is 5.84 Å². The van der Waals surface area contributed by atoms with E-state index in [9.17, 15) is 9.90 Å². The molecule has 6 nitrogen and oxygen atoms in total. The zero-order valence-electron chi connectivity index (χ0n) is 12.7. The average Bonchev–Trinajstić information content (AvgIpc) is 2.46. The third-order valence-corrected chi connectivity index (χ3v) is 3.84. The lowest BCUT2D eigenvalue weighted by atomic mass is 9.92. The summed E-state index contributed by atoms with van der Waals surface area (Å²) < 4.78 is 5.39. The normalized spacial score (nSPS) is 18.3. The number of hydrogen-bond acceptors (Lipinski definition) is 5. The topological polar surface area (TPSA) is 87.8 Å². The number of ketones is 1. The van der Waals surface area contributed by atoms with Gasteiger partial charge >= 0.3 is 0 Å². The molecule has 1 aromatic carbocycles. The number of nitrogens with one attached hydrogen (secondary N) is 1. The number of carbonyl (C=O) groups excluding carboxylic acids is 1. The van der Waals surface area contributed by atoms with Gasteiger partial charge < -0.3 is 15.2 Å². The van der Waals surface area contributed by atoms with Crippen LogP contribution in [0, 0.1) is 0 Å². The molecule has 1 heterocycles. The molecule has 1 aliphatic heterocycles. The maximum atomic E-state index is 12.0. The number of Topliss-reactive ketones (excluding diaryl/α,β-unsaturated/α-hetero) is 1. The Kier molecular flexibility index (Phi) is 4.68. The SMILES string of the molecule is CCOc1cc([C@H]2NC(=S)N(N)C(C)=C2C(C)=O)ccc1O. The Bertz CT molecular complexity index is 657. The Hall–Kier alpha value is -2.12. The van der Waals surface area contributed by atoms with Gasteiger partial charge in [-0.25, -0.2) is 5.84 Å². The number of phenols is 1. The average molecular weight is 321 g/mol. The van der Waals surface area contributed by atoms with Gasteiger partial charge in [-0.2, -0.15) is 0 Å². The highest BCUT2D eigenvalue weighted by Gasteiger charge is 2.31. The first-order valence-electron chi connectivity index (χ1n) is 6.89. The molecule has 4 N–H and O–H groups in total. The van der Waals surface area contributed by atoms with Crippen LogP contribution in [0.5, 0.6) is 11.5 Å². The van der Waals surface area contributed by atoms with E-state index in [-0.39, 0.29) is 11.5 Å². The molecule has 0 aromatic heterocycles. The number of phenolic OH excluding ortho intramolecular Hbond substituents is 1. The van der Waals surface area contributed by atoms with E-state index in [2.05, 4.69) is 5.32 Å². The zero-order chi connectivity index (χ0) is 16.4. The predicted molar refractivity (Wildman–Crippen MR) is 87.2 cm³/mol. The van der Waals surface area contributed by atoms with Crippen LogP contribution in [0.4, 0.5) is 0 Å². The van der Waals surface area contributed by atoms with Crippen molar-refractivity contribution in [3.63, 3.8) is 0 Å². The Balaban J connectivity index is 2.52. The summed E-state index contributed by atoms with van der Waals surface area (Å²) in [6.07, 6.45) is 0. The van der Waals surface area contributed by atoms with Crippen molar-refractivity contribution in [1.29, 1.82) is 0 Å². The van der Waals surface area contributed by atoms with Crippen molar-refractivity contribution >= 4 is 23.1 Å². The van der Waals surface area contributed by atoms with Gasteiger partial charge in [0.25, 0.3) is 0 Å². The highest BCUT2D eigenvalue weighted by atomic mass is 32.1. The highest BCUT2D eigenvalue weighted by molar-refractivity contribution is 7.80. The lowest BCUT2D eigenvalue weighted by molar-refractivity contribution is -0.114. The van der Waals surface area contributed by atoms with E-state index in [1.54, 1.807) is 19.1 Å². The van der Waals surface area contributed by atoms with Crippen molar-refractivity contribution in [3.05, 3.63) is 35.0 Å². The van der Waals surface area contributed by atoms with Crippen LogP contribution >= 0.6 is 12.2 Å². The molecule has 0 bridgehead atoms. The van der Waals surface area contributed by atoms with Crippen LogP contribution < -0.4 is 15.9 Å². The molecule has 0 fully saturated rings. The highest BCUT2D eigenvalue weighted by Crippen LogP contribution is 2.34. The van der Waals surface area contributed by atoms with Crippen molar-refractivity contribution in [3.8, 4) is 11.5 Å². The minimum absolute atomic E-state index is 0.0505. The monoisotopic (exact) mass is 321 g/mol.